The first-order chi connectivity index (χ1) is 6.77. The van der Waals surface area contributed by atoms with Crippen LogP contribution in [0.15, 0.2) is 30.5 Å². The fourth-order valence-electron chi connectivity index (χ4n) is 1.01. The molecule has 0 spiro atoms. The molecule has 0 aliphatic rings. The summed E-state index contributed by atoms with van der Waals surface area (Å²) >= 11 is 0.971. The minimum absolute atomic E-state index is 0.237. The number of halogens is 1. The molecule has 70 valence electrons. The van der Waals surface area contributed by atoms with E-state index in [4.69, 9.17) is 0 Å². The van der Waals surface area contributed by atoms with Crippen LogP contribution in [-0.2, 0) is 0 Å². The Morgan fingerprint density at radius 3 is 2.57 bits per heavy atom. The Balaban J connectivity index is 2.33. The highest BCUT2D eigenvalue weighted by Crippen LogP contribution is 2.08. The Labute approximate surface area is 83.5 Å². The monoisotopic (exact) mass is 208 g/mol. The van der Waals surface area contributed by atoms with Gasteiger partial charge in [-0.3, -0.25) is 4.79 Å². The van der Waals surface area contributed by atoms with Crippen LogP contribution in [0.1, 0.15) is 16.1 Å². The molecule has 5 heteroatoms. The molecule has 1 heterocycles. The predicted octanol–water partition coefficient (Wildman–Crippen LogP) is 1.91. The molecule has 0 unspecified atom stereocenters. The van der Waals surface area contributed by atoms with Crippen molar-refractivity contribution in [3.63, 3.8) is 0 Å². The standard InChI is InChI=1S/C9H5FN2OS/c10-7-3-1-6(2-4-7)9(13)8-5-11-14-12-8/h1-5H. The molecule has 0 amide bonds. The third-order valence-electron chi connectivity index (χ3n) is 1.70. The van der Waals surface area contributed by atoms with Crippen molar-refractivity contribution in [2.75, 3.05) is 0 Å². The minimum atomic E-state index is -0.363. The lowest BCUT2D eigenvalue weighted by Crippen LogP contribution is -2.00. The van der Waals surface area contributed by atoms with E-state index >= 15 is 0 Å². The molecule has 14 heavy (non-hydrogen) atoms. The molecule has 2 aromatic rings. The molecule has 1 aromatic carbocycles. The number of nitrogens with zero attached hydrogens (tertiary/aromatic N) is 2. The van der Waals surface area contributed by atoms with Gasteiger partial charge in [0.2, 0.25) is 5.78 Å². The normalized spacial score (nSPS) is 10.1. The molecule has 0 fully saturated rings. The molecule has 0 saturated heterocycles. The Bertz CT molecular complexity index is 438. The number of aromatic nitrogens is 2. The maximum atomic E-state index is 12.6. The van der Waals surface area contributed by atoms with Gasteiger partial charge in [-0.15, -0.1) is 0 Å². The van der Waals surface area contributed by atoms with Gasteiger partial charge in [0.25, 0.3) is 0 Å². The van der Waals surface area contributed by atoms with Gasteiger partial charge in [-0.2, -0.15) is 8.75 Å². The zero-order valence-electron chi connectivity index (χ0n) is 6.98. The van der Waals surface area contributed by atoms with Gasteiger partial charge in [0.15, 0.2) is 0 Å². The second kappa shape index (κ2) is 3.63. The van der Waals surface area contributed by atoms with E-state index in [0.29, 0.717) is 11.3 Å². The fourth-order valence-corrected chi connectivity index (χ4v) is 1.43. The van der Waals surface area contributed by atoms with Crippen molar-refractivity contribution in [2.24, 2.45) is 0 Å². The largest absolute Gasteiger partial charge is 0.287 e. The highest BCUT2D eigenvalue weighted by molar-refractivity contribution is 6.99. The molecule has 0 bridgehead atoms. The van der Waals surface area contributed by atoms with Gasteiger partial charge in [-0.1, -0.05) is 0 Å². The van der Waals surface area contributed by atoms with Crippen molar-refractivity contribution in [3.05, 3.63) is 47.5 Å². The van der Waals surface area contributed by atoms with Crippen molar-refractivity contribution < 1.29 is 9.18 Å². The van der Waals surface area contributed by atoms with Crippen LogP contribution in [0.5, 0.6) is 0 Å². The quantitative estimate of drug-likeness (QED) is 0.708. The number of carbonyl (C=O) groups excluding carboxylic acids is 1. The van der Waals surface area contributed by atoms with Crippen molar-refractivity contribution in [1.29, 1.82) is 0 Å². The summed E-state index contributed by atoms with van der Waals surface area (Å²) < 4.78 is 20.1. The zero-order valence-corrected chi connectivity index (χ0v) is 7.79. The lowest BCUT2D eigenvalue weighted by Gasteiger charge is -1.95. The van der Waals surface area contributed by atoms with Gasteiger partial charge in [0.05, 0.1) is 17.9 Å². The van der Waals surface area contributed by atoms with Crippen LogP contribution in [0.2, 0.25) is 0 Å². The Morgan fingerprint density at radius 2 is 2.00 bits per heavy atom. The average molecular weight is 208 g/mol. The smallest absolute Gasteiger partial charge is 0.214 e. The van der Waals surface area contributed by atoms with Gasteiger partial charge in [-0.05, 0) is 24.3 Å². The molecule has 0 aliphatic carbocycles. The van der Waals surface area contributed by atoms with E-state index in [0.717, 1.165) is 11.7 Å². The Hall–Kier alpha value is -1.62. The summed E-state index contributed by atoms with van der Waals surface area (Å²) in [7, 11) is 0. The topological polar surface area (TPSA) is 42.9 Å². The lowest BCUT2D eigenvalue weighted by atomic mass is 10.1. The molecule has 2 rings (SSSR count). The molecular weight excluding hydrogens is 203 g/mol. The molecule has 0 atom stereocenters. The van der Waals surface area contributed by atoms with Crippen LogP contribution in [0, 0.1) is 5.82 Å². The van der Waals surface area contributed by atoms with Crippen molar-refractivity contribution in [3.8, 4) is 0 Å². The number of carbonyl (C=O) groups is 1. The summed E-state index contributed by atoms with van der Waals surface area (Å²) in [5.74, 6) is -0.600. The summed E-state index contributed by atoms with van der Waals surface area (Å²) in [4.78, 5) is 11.6. The van der Waals surface area contributed by atoms with Gasteiger partial charge < -0.3 is 0 Å². The van der Waals surface area contributed by atoms with Gasteiger partial charge >= 0.3 is 0 Å². The van der Waals surface area contributed by atoms with E-state index in [1.165, 1.54) is 30.5 Å². The number of rotatable bonds is 2. The van der Waals surface area contributed by atoms with E-state index in [2.05, 4.69) is 8.75 Å². The SMILES string of the molecule is O=C(c1ccc(F)cc1)c1cnsn1. The van der Waals surface area contributed by atoms with Crippen LogP contribution in [0.3, 0.4) is 0 Å². The summed E-state index contributed by atoms with van der Waals surface area (Å²) in [5.41, 5.74) is 0.709. The van der Waals surface area contributed by atoms with E-state index < -0.39 is 0 Å². The zero-order chi connectivity index (χ0) is 9.97. The van der Waals surface area contributed by atoms with E-state index in [1.54, 1.807) is 0 Å². The first-order valence-corrected chi connectivity index (χ1v) is 4.58. The summed E-state index contributed by atoms with van der Waals surface area (Å²) in [5, 5.41) is 0. The second-order valence-corrected chi connectivity index (χ2v) is 3.19. The summed E-state index contributed by atoms with van der Waals surface area (Å²) in [6, 6.07) is 5.34. The molecule has 0 aliphatic heterocycles. The van der Waals surface area contributed by atoms with E-state index in [-0.39, 0.29) is 11.6 Å². The molecule has 0 radical (unpaired) electrons. The Morgan fingerprint density at radius 1 is 1.29 bits per heavy atom. The molecule has 0 N–H and O–H groups in total. The van der Waals surface area contributed by atoms with Crippen LogP contribution in [-0.4, -0.2) is 14.5 Å². The first-order valence-electron chi connectivity index (χ1n) is 3.85. The van der Waals surface area contributed by atoms with Gasteiger partial charge in [0, 0.05) is 5.56 Å². The minimum Gasteiger partial charge on any atom is -0.287 e. The highest BCUT2D eigenvalue weighted by atomic mass is 32.1. The fraction of sp³-hybridized carbons (Fsp3) is 0. The van der Waals surface area contributed by atoms with E-state index in [1.807, 2.05) is 0 Å². The molecule has 1 aromatic heterocycles. The van der Waals surface area contributed by atoms with Crippen LogP contribution >= 0.6 is 11.7 Å². The maximum absolute atomic E-state index is 12.6. The average Bonchev–Trinajstić information content (AvgIpc) is 2.71. The molecule has 0 saturated carbocycles. The summed E-state index contributed by atoms with van der Waals surface area (Å²) in [6.45, 7) is 0. The van der Waals surface area contributed by atoms with Crippen molar-refractivity contribution in [1.82, 2.24) is 8.75 Å². The predicted molar refractivity (Wildman–Crippen MR) is 49.7 cm³/mol. The molecular formula is C9H5FN2OS. The highest BCUT2D eigenvalue weighted by Gasteiger charge is 2.11. The number of benzene rings is 1. The van der Waals surface area contributed by atoms with Crippen LogP contribution < -0.4 is 0 Å². The van der Waals surface area contributed by atoms with Crippen molar-refractivity contribution in [2.45, 2.75) is 0 Å². The van der Waals surface area contributed by atoms with E-state index in [9.17, 15) is 9.18 Å². The molecule has 3 nitrogen and oxygen atoms in total. The second-order valence-electron chi connectivity index (χ2n) is 2.63. The van der Waals surface area contributed by atoms with Crippen molar-refractivity contribution >= 4 is 17.5 Å². The first kappa shape index (κ1) is 8.96. The van der Waals surface area contributed by atoms with Crippen LogP contribution in [0.4, 0.5) is 4.39 Å². The number of hydrogen-bond acceptors (Lipinski definition) is 4. The van der Waals surface area contributed by atoms with Gasteiger partial charge in [-0.25, -0.2) is 4.39 Å². The third kappa shape index (κ3) is 1.67. The lowest BCUT2D eigenvalue weighted by molar-refractivity contribution is 0.103. The maximum Gasteiger partial charge on any atom is 0.214 e. The number of hydrogen-bond donors (Lipinski definition) is 0. The summed E-state index contributed by atoms with van der Waals surface area (Å²) in [6.07, 6.45) is 1.40. The number of ketones is 1. The van der Waals surface area contributed by atoms with Gasteiger partial charge in [0.1, 0.15) is 11.5 Å². The Kier molecular flexibility index (Phi) is 2.32. The van der Waals surface area contributed by atoms with Crippen LogP contribution in [0.25, 0.3) is 0 Å². The third-order valence-corrected chi connectivity index (χ3v) is 2.18.